The first-order valence-corrected chi connectivity index (χ1v) is 17.8. The van der Waals surface area contributed by atoms with Gasteiger partial charge in [0.1, 0.15) is 5.82 Å². The van der Waals surface area contributed by atoms with Gasteiger partial charge >= 0.3 is 0 Å². The molecule has 3 aliphatic heterocycles. The van der Waals surface area contributed by atoms with E-state index in [1.54, 1.807) is 12.0 Å². The molecule has 0 radical (unpaired) electrons. The molecule has 0 bridgehead atoms. The first-order valence-electron chi connectivity index (χ1n) is 17.8. The third kappa shape index (κ3) is 7.07. The van der Waals surface area contributed by atoms with E-state index in [1.807, 2.05) is 44.4 Å². The van der Waals surface area contributed by atoms with Crippen LogP contribution in [0.25, 0.3) is 16.8 Å². The van der Waals surface area contributed by atoms with Crippen molar-refractivity contribution in [3.63, 3.8) is 0 Å². The van der Waals surface area contributed by atoms with E-state index in [0.29, 0.717) is 18.8 Å². The fraction of sp³-hybridized carbons (Fsp3) is 0.341. The minimum Gasteiger partial charge on any atom is -0.299 e. The molecule has 3 aliphatic rings. The second kappa shape index (κ2) is 14.6. The molecule has 52 heavy (non-hydrogen) atoms. The molecule has 270 valence electrons. The largest absolute Gasteiger partial charge is 0.299 e. The van der Waals surface area contributed by atoms with Crippen molar-refractivity contribution in [2.24, 2.45) is 0 Å². The Morgan fingerprint density at radius 1 is 1.00 bits per heavy atom. The topological polar surface area (TPSA) is 89.6 Å². The number of anilines is 1. The second-order valence-corrected chi connectivity index (χ2v) is 14.4. The van der Waals surface area contributed by atoms with Gasteiger partial charge in [-0.3, -0.25) is 30.2 Å². The lowest BCUT2D eigenvalue weighted by molar-refractivity contribution is -0.137. The highest BCUT2D eigenvalue weighted by Gasteiger charge is 2.40. The van der Waals surface area contributed by atoms with Crippen molar-refractivity contribution in [2.75, 3.05) is 18.2 Å². The van der Waals surface area contributed by atoms with Crippen LogP contribution in [0.2, 0.25) is 0 Å². The Balaban J connectivity index is 1.01. The third-order valence-corrected chi connectivity index (χ3v) is 10.9. The second-order valence-electron chi connectivity index (χ2n) is 14.4. The Morgan fingerprint density at radius 3 is 2.46 bits per heavy atom. The van der Waals surface area contributed by atoms with Gasteiger partial charge in [-0.25, -0.2) is 23.7 Å². The number of fused-ring (bicyclic) bond motifs is 1. The van der Waals surface area contributed by atoms with Gasteiger partial charge in [0.25, 0.3) is 6.43 Å². The highest BCUT2D eigenvalue weighted by Crippen LogP contribution is 2.36. The number of hydrogen-bond donors (Lipinski definition) is 3. The van der Waals surface area contributed by atoms with E-state index in [2.05, 4.69) is 57.5 Å². The van der Waals surface area contributed by atoms with Gasteiger partial charge in [0.2, 0.25) is 11.8 Å². The summed E-state index contributed by atoms with van der Waals surface area (Å²) in [6, 6.07) is 22.2. The van der Waals surface area contributed by atoms with Gasteiger partial charge in [-0.15, -0.1) is 0 Å². The van der Waals surface area contributed by atoms with Crippen LogP contribution >= 0.6 is 0 Å². The van der Waals surface area contributed by atoms with Crippen molar-refractivity contribution in [1.82, 2.24) is 26.1 Å². The van der Waals surface area contributed by atoms with Gasteiger partial charge in [-0.1, -0.05) is 60.7 Å². The molecule has 2 fully saturated rings. The van der Waals surface area contributed by atoms with E-state index in [-0.39, 0.29) is 17.4 Å². The maximum Gasteiger partial charge on any atom is 0.266 e. The van der Waals surface area contributed by atoms with Crippen LogP contribution in [-0.4, -0.2) is 34.8 Å². The average molecular weight is 709 g/mol. The number of nitrogens with zero attached hydrogens (tertiary/aromatic N) is 3. The number of pyridine rings is 1. The summed E-state index contributed by atoms with van der Waals surface area (Å²) in [5, 5.41) is 4.18. The molecular formula is C41H43F3N6O2. The van der Waals surface area contributed by atoms with Crippen LogP contribution in [0.3, 0.4) is 0 Å². The van der Waals surface area contributed by atoms with Crippen molar-refractivity contribution < 1.29 is 22.8 Å². The van der Waals surface area contributed by atoms with E-state index >= 15 is 0 Å². The standard InChI is InChI=1S/C41H43F3N6O2/c1-25-22-46-50(48-26(2)32-8-5-9-33(38(32)42)39(43)44)36-21-35(45-23-34(25)36)30-7-4-6-27(20-30)24-49-18-15-29(16-19-49)28-10-12-31(13-11-28)41(3)17-14-37(51)47-40(41)52/h4-13,20-23,26,29,39,46,48H,14-19,24H2,1-3H3,(H,47,51,52)/t26-,41-/m1/s1. The van der Waals surface area contributed by atoms with Crippen molar-refractivity contribution in [2.45, 2.75) is 76.8 Å². The van der Waals surface area contributed by atoms with Gasteiger partial charge in [0, 0.05) is 42.1 Å². The summed E-state index contributed by atoms with van der Waals surface area (Å²) < 4.78 is 41.7. The van der Waals surface area contributed by atoms with E-state index in [0.717, 1.165) is 72.2 Å². The predicted molar refractivity (Wildman–Crippen MR) is 195 cm³/mol. The molecule has 3 aromatic carbocycles. The molecule has 2 amide bonds. The molecule has 0 aliphatic carbocycles. The highest BCUT2D eigenvalue weighted by atomic mass is 19.3. The Hall–Kier alpha value is -5.00. The summed E-state index contributed by atoms with van der Waals surface area (Å²) in [5.41, 5.74) is 13.1. The number of likely N-dealkylation sites (tertiary alicyclic amines) is 1. The number of hydrazine groups is 2. The van der Waals surface area contributed by atoms with Crippen LogP contribution in [0, 0.1) is 5.82 Å². The van der Waals surface area contributed by atoms with Crippen molar-refractivity contribution in [3.05, 3.63) is 124 Å². The van der Waals surface area contributed by atoms with Crippen LogP contribution in [-0.2, 0) is 21.5 Å². The lowest BCUT2D eigenvalue weighted by atomic mass is 9.75. The molecule has 4 heterocycles. The molecule has 11 heteroatoms. The Kier molecular flexibility index (Phi) is 9.91. The van der Waals surface area contributed by atoms with Gasteiger partial charge in [-0.05, 0) is 93.4 Å². The molecule has 0 saturated carbocycles. The molecule has 3 N–H and O–H groups in total. The van der Waals surface area contributed by atoms with Crippen molar-refractivity contribution >= 4 is 23.1 Å². The zero-order chi connectivity index (χ0) is 36.6. The monoisotopic (exact) mass is 708 g/mol. The number of piperidine rings is 2. The molecule has 2 saturated heterocycles. The van der Waals surface area contributed by atoms with E-state index in [4.69, 9.17) is 4.98 Å². The molecule has 1 aromatic heterocycles. The predicted octanol–water partition coefficient (Wildman–Crippen LogP) is 7.85. The normalized spacial score (nSPS) is 20.3. The maximum atomic E-state index is 15.0. The minimum atomic E-state index is -2.90. The van der Waals surface area contributed by atoms with Gasteiger partial charge in [0.05, 0.1) is 28.4 Å². The Bertz CT molecular complexity index is 2010. The number of rotatable bonds is 9. The lowest BCUT2D eigenvalue weighted by Gasteiger charge is -2.34. The first-order chi connectivity index (χ1) is 25.0. The quantitative estimate of drug-likeness (QED) is 0.153. The summed E-state index contributed by atoms with van der Waals surface area (Å²) in [6.45, 7) is 8.36. The molecule has 0 spiro atoms. The number of carbonyl (C=O) groups excluding carboxylic acids is 2. The summed E-state index contributed by atoms with van der Waals surface area (Å²) in [4.78, 5) is 31.6. The number of hydrogen-bond acceptors (Lipinski definition) is 7. The summed E-state index contributed by atoms with van der Waals surface area (Å²) >= 11 is 0. The maximum absolute atomic E-state index is 15.0. The average Bonchev–Trinajstić information content (AvgIpc) is 3.15. The molecule has 8 nitrogen and oxygen atoms in total. The van der Waals surface area contributed by atoms with Crippen LogP contribution < -0.4 is 21.3 Å². The number of benzene rings is 3. The highest BCUT2D eigenvalue weighted by molar-refractivity contribution is 6.03. The van der Waals surface area contributed by atoms with Gasteiger partial charge in [0.15, 0.2) is 0 Å². The first kappa shape index (κ1) is 35.4. The zero-order valence-electron chi connectivity index (χ0n) is 29.6. The fourth-order valence-electron chi connectivity index (χ4n) is 7.56. The number of alkyl halides is 2. The number of amides is 2. The number of halogens is 3. The van der Waals surface area contributed by atoms with Crippen molar-refractivity contribution in [1.29, 1.82) is 0 Å². The van der Waals surface area contributed by atoms with E-state index in [1.165, 1.54) is 23.3 Å². The van der Waals surface area contributed by atoms with E-state index < -0.39 is 29.3 Å². The SMILES string of the molecule is CC1=CNN(N[C@H](C)c2cccc(C(F)F)c2F)c2cc(-c3cccc(CN4CCC(c5ccc([C@@]6(C)CCC(=O)NC6=O)cc5)CC4)c3)ncc21. The Morgan fingerprint density at radius 2 is 1.73 bits per heavy atom. The molecular weight excluding hydrogens is 665 g/mol. The molecule has 7 rings (SSSR count). The minimum absolute atomic E-state index is 0.149. The van der Waals surface area contributed by atoms with Crippen LogP contribution in [0.1, 0.15) is 98.2 Å². The molecule has 4 aromatic rings. The number of imide groups is 1. The molecule has 2 atom stereocenters. The Labute approximate surface area is 302 Å². The summed E-state index contributed by atoms with van der Waals surface area (Å²) in [5.74, 6) is -0.891. The zero-order valence-corrected chi connectivity index (χ0v) is 29.6. The fourth-order valence-corrected chi connectivity index (χ4v) is 7.56. The third-order valence-electron chi connectivity index (χ3n) is 10.9. The summed E-state index contributed by atoms with van der Waals surface area (Å²) in [6.07, 6.45) is 3.69. The number of nitrogens with one attached hydrogen (secondary N) is 3. The smallest absolute Gasteiger partial charge is 0.266 e. The van der Waals surface area contributed by atoms with Gasteiger partial charge in [-0.2, -0.15) is 0 Å². The summed E-state index contributed by atoms with van der Waals surface area (Å²) in [7, 11) is 0. The van der Waals surface area contributed by atoms with Crippen LogP contribution in [0.15, 0.2) is 85.2 Å². The number of carbonyl (C=O) groups is 2. The van der Waals surface area contributed by atoms with Crippen molar-refractivity contribution in [3.8, 4) is 11.3 Å². The number of aromatic nitrogens is 1. The lowest BCUT2D eigenvalue weighted by Crippen LogP contribution is -2.49. The van der Waals surface area contributed by atoms with Crippen LogP contribution in [0.5, 0.6) is 0 Å². The van der Waals surface area contributed by atoms with Crippen LogP contribution in [0.4, 0.5) is 18.9 Å². The number of allylic oxidation sites excluding steroid dienone is 1. The molecule has 0 unspecified atom stereocenters. The van der Waals surface area contributed by atoms with E-state index in [9.17, 15) is 22.8 Å². The van der Waals surface area contributed by atoms with Gasteiger partial charge < -0.3 is 0 Å².